The topological polar surface area (TPSA) is 61.7 Å². The number of carbonyl (C=O) groups excluding carboxylic acids is 1. The van der Waals surface area contributed by atoms with Gasteiger partial charge in [-0.05, 0) is 69.6 Å². The molecule has 2 saturated carbocycles. The Morgan fingerprint density at radius 2 is 1.56 bits per heavy atom. The monoisotopic (exact) mass is 252 g/mol. The Morgan fingerprint density at radius 3 is 2.06 bits per heavy atom. The maximum absolute atomic E-state index is 10.2. The molecule has 0 bridgehead atoms. The van der Waals surface area contributed by atoms with Crippen LogP contribution < -0.4 is 5.48 Å². The maximum atomic E-state index is 10.2. The van der Waals surface area contributed by atoms with E-state index < -0.39 is 0 Å². The highest BCUT2D eigenvalue weighted by Gasteiger charge is 2.26. The second-order valence-electron chi connectivity index (χ2n) is 5.98. The summed E-state index contributed by atoms with van der Waals surface area (Å²) in [5, 5.41) is 8.89. The van der Waals surface area contributed by atoms with Crippen molar-refractivity contribution in [3.8, 4) is 0 Å². The van der Waals surface area contributed by atoms with Crippen molar-refractivity contribution < 1.29 is 10.0 Å². The van der Waals surface area contributed by atoms with E-state index in [2.05, 4.69) is 10.5 Å². The molecule has 2 rings (SSSR count). The average molecular weight is 252 g/mol. The molecule has 0 saturated heterocycles. The zero-order chi connectivity index (χ0) is 12.8. The molecule has 0 amide bonds. The SMILES string of the molecule is O=C=NC1CCC(CC2CCC(NO)CC2)CC1. The second kappa shape index (κ2) is 7.03. The predicted octanol–water partition coefficient (Wildman–Crippen LogP) is 2.81. The lowest BCUT2D eigenvalue weighted by Crippen LogP contribution is -2.31. The molecule has 2 fully saturated rings. The molecule has 18 heavy (non-hydrogen) atoms. The molecular formula is C14H24N2O2. The number of hydrogen-bond acceptors (Lipinski definition) is 4. The lowest BCUT2D eigenvalue weighted by molar-refractivity contribution is 0.0918. The summed E-state index contributed by atoms with van der Waals surface area (Å²) >= 11 is 0. The molecule has 0 unspecified atom stereocenters. The zero-order valence-electron chi connectivity index (χ0n) is 11.0. The van der Waals surface area contributed by atoms with Crippen molar-refractivity contribution in [3.63, 3.8) is 0 Å². The smallest absolute Gasteiger partial charge is 0.235 e. The van der Waals surface area contributed by atoms with Gasteiger partial charge in [0.15, 0.2) is 0 Å². The van der Waals surface area contributed by atoms with Gasteiger partial charge < -0.3 is 5.21 Å². The van der Waals surface area contributed by atoms with Crippen LogP contribution in [0.5, 0.6) is 0 Å². The third kappa shape index (κ3) is 3.91. The summed E-state index contributed by atoms with van der Waals surface area (Å²) in [6.07, 6.45) is 12.3. The summed E-state index contributed by atoms with van der Waals surface area (Å²) in [7, 11) is 0. The Morgan fingerprint density at radius 1 is 1.00 bits per heavy atom. The molecule has 2 N–H and O–H groups in total. The Labute approximate surface area is 109 Å². The van der Waals surface area contributed by atoms with E-state index in [0.29, 0.717) is 6.04 Å². The summed E-state index contributed by atoms with van der Waals surface area (Å²) < 4.78 is 0. The predicted molar refractivity (Wildman–Crippen MR) is 69.2 cm³/mol. The van der Waals surface area contributed by atoms with Gasteiger partial charge in [-0.15, -0.1) is 0 Å². The van der Waals surface area contributed by atoms with Crippen molar-refractivity contribution in [2.75, 3.05) is 0 Å². The number of aliphatic imine (C=N–C) groups is 1. The lowest BCUT2D eigenvalue weighted by atomic mass is 9.76. The fraction of sp³-hybridized carbons (Fsp3) is 0.929. The average Bonchev–Trinajstić information content (AvgIpc) is 2.42. The van der Waals surface area contributed by atoms with Crippen molar-refractivity contribution in [2.24, 2.45) is 16.8 Å². The molecule has 0 radical (unpaired) electrons. The van der Waals surface area contributed by atoms with E-state index >= 15 is 0 Å². The molecule has 0 aromatic rings. The molecule has 0 aromatic heterocycles. The molecule has 0 spiro atoms. The number of hydrogen-bond donors (Lipinski definition) is 2. The van der Waals surface area contributed by atoms with E-state index in [9.17, 15) is 4.79 Å². The van der Waals surface area contributed by atoms with Crippen LogP contribution in [0.15, 0.2) is 4.99 Å². The first-order valence-corrected chi connectivity index (χ1v) is 7.28. The van der Waals surface area contributed by atoms with Crippen molar-refractivity contribution >= 4 is 6.08 Å². The quantitative estimate of drug-likeness (QED) is 0.459. The Bertz CT molecular complexity index is 286. The molecule has 0 aromatic carbocycles. The largest absolute Gasteiger partial charge is 0.317 e. The van der Waals surface area contributed by atoms with E-state index in [1.54, 1.807) is 6.08 Å². The molecule has 2 aliphatic rings. The zero-order valence-corrected chi connectivity index (χ0v) is 11.0. The standard InChI is InChI=1S/C14H24N2O2/c17-10-15-13-5-1-11(2-6-13)9-12-3-7-14(16-18)8-4-12/h11-14,16,18H,1-9H2. The second-order valence-corrected chi connectivity index (χ2v) is 5.98. The van der Waals surface area contributed by atoms with Crippen LogP contribution >= 0.6 is 0 Å². The molecule has 4 nitrogen and oxygen atoms in total. The van der Waals surface area contributed by atoms with Crippen LogP contribution in [0.1, 0.15) is 57.8 Å². The summed E-state index contributed by atoms with van der Waals surface area (Å²) in [6.45, 7) is 0. The van der Waals surface area contributed by atoms with Gasteiger partial charge in [0.2, 0.25) is 6.08 Å². The minimum atomic E-state index is 0.244. The van der Waals surface area contributed by atoms with Gasteiger partial charge in [0.05, 0.1) is 6.04 Å². The van der Waals surface area contributed by atoms with Crippen LogP contribution in [0.3, 0.4) is 0 Å². The summed E-state index contributed by atoms with van der Waals surface area (Å²) in [5.74, 6) is 1.66. The number of nitrogens with zero attached hydrogens (tertiary/aromatic N) is 1. The van der Waals surface area contributed by atoms with Crippen LogP contribution in [-0.4, -0.2) is 23.4 Å². The molecule has 102 valence electrons. The fourth-order valence-corrected chi connectivity index (χ4v) is 3.58. The summed E-state index contributed by atoms with van der Waals surface area (Å²) in [5.41, 5.74) is 2.40. The minimum Gasteiger partial charge on any atom is -0.317 e. The molecule has 0 atom stereocenters. The fourth-order valence-electron chi connectivity index (χ4n) is 3.58. The Kier molecular flexibility index (Phi) is 5.36. The first-order chi connectivity index (χ1) is 8.81. The van der Waals surface area contributed by atoms with E-state index in [4.69, 9.17) is 5.21 Å². The first kappa shape index (κ1) is 13.7. The van der Waals surface area contributed by atoms with E-state index in [1.807, 2.05) is 0 Å². The van der Waals surface area contributed by atoms with Gasteiger partial charge in [-0.3, -0.25) is 0 Å². The number of rotatable bonds is 4. The van der Waals surface area contributed by atoms with Gasteiger partial charge >= 0.3 is 0 Å². The summed E-state index contributed by atoms with van der Waals surface area (Å²) in [4.78, 5) is 14.1. The molecule has 0 aliphatic heterocycles. The third-order valence-corrected chi connectivity index (χ3v) is 4.75. The highest BCUT2D eigenvalue weighted by Crippen LogP contribution is 2.35. The van der Waals surface area contributed by atoms with Gasteiger partial charge in [-0.25, -0.2) is 15.3 Å². The van der Waals surface area contributed by atoms with Crippen molar-refractivity contribution in [3.05, 3.63) is 0 Å². The van der Waals surface area contributed by atoms with Gasteiger partial charge in [0.1, 0.15) is 0 Å². The molecular weight excluding hydrogens is 228 g/mol. The van der Waals surface area contributed by atoms with Crippen LogP contribution in [0.25, 0.3) is 0 Å². The normalized spacial score (nSPS) is 36.9. The summed E-state index contributed by atoms with van der Waals surface area (Å²) in [6, 6.07) is 0.562. The maximum Gasteiger partial charge on any atom is 0.235 e. The number of hydroxylamine groups is 1. The number of isocyanates is 1. The van der Waals surface area contributed by atoms with E-state index in [1.165, 1.54) is 32.1 Å². The van der Waals surface area contributed by atoms with Crippen molar-refractivity contribution in [2.45, 2.75) is 69.9 Å². The Balaban J connectivity index is 1.67. The lowest BCUT2D eigenvalue weighted by Gasteiger charge is -2.32. The first-order valence-electron chi connectivity index (χ1n) is 7.28. The third-order valence-electron chi connectivity index (χ3n) is 4.75. The van der Waals surface area contributed by atoms with Gasteiger partial charge in [-0.1, -0.05) is 0 Å². The molecule has 0 heterocycles. The van der Waals surface area contributed by atoms with Crippen LogP contribution in [0, 0.1) is 11.8 Å². The molecule has 2 aliphatic carbocycles. The van der Waals surface area contributed by atoms with Crippen LogP contribution in [0.4, 0.5) is 0 Å². The van der Waals surface area contributed by atoms with Gasteiger partial charge in [0.25, 0.3) is 0 Å². The van der Waals surface area contributed by atoms with E-state index in [0.717, 1.165) is 37.5 Å². The highest BCUT2D eigenvalue weighted by atomic mass is 16.5. The van der Waals surface area contributed by atoms with Gasteiger partial charge in [0, 0.05) is 6.04 Å². The molecule has 4 heteroatoms. The van der Waals surface area contributed by atoms with Crippen LogP contribution in [-0.2, 0) is 4.79 Å². The highest BCUT2D eigenvalue weighted by molar-refractivity contribution is 5.33. The van der Waals surface area contributed by atoms with E-state index in [-0.39, 0.29) is 6.04 Å². The minimum absolute atomic E-state index is 0.244. The van der Waals surface area contributed by atoms with Crippen molar-refractivity contribution in [1.82, 2.24) is 5.48 Å². The van der Waals surface area contributed by atoms with Crippen molar-refractivity contribution in [1.29, 1.82) is 0 Å². The van der Waals surface area contributed by atoms with Gasteiger partial charge in [-0.2, -0.15) is 0 Å². The van der Waals surface area contributed by atoms with Crippen LogP contribution in [0.2, 0.25) is 0 Å². The Hall–Kier alpha value is -0.700. The number of nitrogens with one attached hydrogen (secondary N) is 1.